The van der Waals surface area contributed by atoms with Crippen LogP contribution >= 0.6 is 0 Å². The molecule has 0 saturated carbocycles. The van der Waals surface area contributed by atoms with E-state index in [1.54, 1.807) is 49.4 Å². The molecular formula is C45H42N4O12. The number of carbonyl (C=O) groups excluding carboxylic acids is 4. The molecular weight excluding hydrogens is 789 g/mol. The van der Waals surface area contributed by atoms with E-state index in [0.717, 1.165) is 17.2 Å². The minimum absolute atomic E-state index is 0.148. The summed E-state index contributed by atoms with van der Waals surface area (Å²) in [5, 5.41) is 15.9. The van der Waals surface area contributed by atoms with Gasteiger partial charge in [-0.15, -0.1) is 0 Å². The molecule has 1 aliphatic rings. The van der Waals surface area contributed by atoms with Gasteiger partial charge in [-0.05, 0) is 60.9 Å². The Morgan fingerprint density at radius 2 is 1.43 bits per heavy atom. The fraction of sp³-hybridized carbons (Fsp3) is 0.200. The summed E-state index contributed by atoms with van der Waals surface area (Å²) in [7, 11) is 0. The maximum Gasteiger partial charge on any atom is 0.508 e. The van der Waals surface area contributed by atoms with Crippen LogP contribution in [0.2, 0.25) is 0 Å². The highest BCUT2D eigenvalue weighted by Crippen LogP contribution is 2.28. The lowest BCUT2D eigenvalue weighted by molar-refractivity contribution is -0.136. The van der Waals surface area contributed by atoms with Crippen LogP contribution in [0.4, 0.5) is 10.5 Å². The predicted molar refractivity (Wildman–Crippen MR) is 222 cm³/mol. The zero-order chi connectivity index (χ0) is 43.3. The van der Waals surface area contributed by atoms with Gasteiger partial charge in [-0.1, -0.05) is 78.9 Å². The monoisotopic (exact) mass is 830 g/mol. The molecule has 0 fully saturated rings. The largest absolute Gasteiger partial charge is 0.508 e. The number of nitrogens with one attached hydrogen (secondary N) is 3. The molecule has 314 valence electrons. The summed E-state index contributed by atoms with van der Waals surface area (Å²) in [5.74, 6) is -2.66. The van der Waals surface area contributed by atoms with E-state index in [9.17, 15) is 33.9 Å². The number of ketones is 1. The standard InChI is InChI=1S/C45H42N4O12/c1-28-23-49(44(55)48-41(28)52)40-18-17-35(61-40)27-60-45(56)59-26-32-13-15-34(16-14-32)47-42(53)29(2)46-43(54)39(51)22-38(50)33-19-36(57-24-30-9-5-3-6-10-30)21-37(20-33)58-25-31-11-7-4-8-12-31/h3-23,29,35,40,50H,24-27H2,1-2H3,(H,46,54)(H,47,53)(H,48,52,55)/b38-22-/t29?,35-,40+/m0/s1. The topological polar surface area (TPSA) is 214 Å². The number of ether oxygens (including phenoxy) is 5. The van der Waals surface area contributed by atoms with Crippen LogP contribution in [0.5, 0.6) is 11.5 Å². The molecule has 0 spiro atoms. The zero-order valence-electron chi connectivity index (χ0n) is 33.1. The normalized spacial score (nSPS) is 15.0. The molecule has 1 aromatic heterocycles. The van der Waals surface area contributed by atoms with Crippen LogP contribution < -0.4 is 31.4 Å². The molecule has 61 heavy (non-hydrogen) atoms. The lowest BCUT2D eigenvalue weighted by Crippen LogP contribution is -2.44. The molecule has 16 nitrogen and oxygen atoms in total. The van der Waals surface area contributed by atoms with Crippen molar-refractivity contribution in [2.24, 2.45) is 0 Å². The molecule has 4 N–H and O–H groups in total. The van der Waals surface area contributed by atoms with Crippen LogP contribution in [-0.2, 0) is 48.4 Å². The highest BCUT2D eigenvalue weighted by Gasteiger charge is 2.24. The molecule has 4 aromatic carbocycles. The number of nitrogens with zero attached hydrogens (tertiary/aromatic N) is 1. The maximum atomic E-state index is 12.9. The van der Waals surface area contributed by atoms with Gasteiger partial charge in [-0.25, -0.2) is 9.59 Å². The fourth-order valence-corrected chi connectivity index (χ4v) is 5.76. The van der Waals surface area contributed by atoms with E-state index in [-0.39, 0.29) is 32.0 Å². The van der Waals surface area contributed by atoms with Crippen molar-refractivity contribution in [2.45, 2.75) is 52.0 Å². The Morgan fingerprint density at radius 3 is 2.05 bits per heavy atom. The van der Waals surface area contributed by atoms with Crippen molar-refractivity contribution in [1.82, 2.24) is 14.9 Å². The van der Waals surface area contributed by atoms with Gasteiger partial charge in [0.25, 0.3) is 11.5 Å². The van der Waals surface area contributed by atoms with Crippen LogP contribution in [0.25, 0.3) is 5.76 Å². The highest BCUT2D eigenvalue weighted by atomic mass is 16.7. The highest BCUT2D eigenvalue weighted by molar-refractivity contribution is 6.42. The quantitative estimate of drug-likeness (QED) is 0.0304. The third-order valence-corrected chi connectivity index (χ3v) is 9.07. The van der Waals surface area contributed by atoms with Crippen LogP contribution in [0, 0.1) is 6.92 Å². The molecule has 0 bridgehead atoms. The zero-order valence-corrected chi connectivity index (χ0v) is 33.1. The number of benzene rings is 4. The number of aromatic amines is 1. The van der Waals surface area contributed by atoms with E-state index < -0.39 is 59.1 Å². The molecule has 0 saturated heterocycles. The fourth-order valence-electron chi connectivity index (χ4n) is 5.76. The number of amides is 2. The molecule has 3 atom stereocenters. The van der Waals surface area contributed by atoms with E-state index in [0.29, 0.717) is 28.3 Å². The summed E-state index contributed by atoms with van der Waals surface area (Å²) in [6, 6.07) is 28.8. The molecule has 0 radical (unpaired) electrons. The minimum atomic E-state index is -1.15. The number of aryl methyl sites for hydroxylation is 1. The number of aromatic nitrogens is 2. The Balaban J connectivity index is 0.958. The summed E-state index contributed by atoms with van der Waals surface area (Å²) in [6.45, 7) is 3.08. The first kappa shape index (κ1) is 42.9. The lowest BCUT2D eigenvalue weighted by atomic mass is 10.1. The van der Waals surface area contributed by atoms with Gasteiger partial charge >= 0.3 is 11.8 Å². The van der Waals surface area contributed by atoms with Crippen LogP contribution in [0.15, 0.2) is 137 Å². The summed E-state index contributed by atoms with van der Waals surface area (Å²) in [6.07, 6.45) is 2.95. The molecule has 2 heterocycles. The summed E-state index contributed by atoms with van der Waals surface area (Å²) < 4.78 is 29.1. The molecule has 1 unspecified atom stereocenters. The number of anilines is 1. The van der Waals surface area contributed by atoms with Gasteiger partial charge in [0, 0.05) is 35.2 Å². The third kappa shape index (κ3) is 12.4. The van der Waals surface area contributed by atoms with Crippen LogP contribution in [-0.4, -0.2) is 57.2 Å². The predicted octanol–water partition coefficient (Wildman–Crippen LogP) is 5.42. The number of carbonyl (C=O) groups is 4. The number of hydrogen-bond donors (Lipinski definition) is 4. The maximum absolute atomic E-state index is 12.9. The van der Waals surface area contributed by atoms with Crippen molar-refractivity contribution in [2.75, 3.05) is 11.9 Å². The van der Waals surface area contributed by atoms with Crippen LogP contribution in [0.3, 0.4) is 0 Å². The van der Waals surface area contributed by atoms with Crippen molar-refractivity contribution >= 4 is 35.2 Å². The molecule has 6 rings (SSSR count). The van der Waals surface area contributed by atoms with Gasteiger partial charge < -0.3 is 39.4 Å². The lowest BCUT2D eigenvalue weighted by Gasteiger charge is -2.16. The summed E-state index contributed by atoms with van der Waals surface area (Å²) >= 11 is 0. The first-order chi connectivity index (χ1) is 29.4. The number of rotatable bonds is 17. The number of hydrogen-bond acceptors (Lipinski definition) is 12. The SMILES string of the molecule is Cc1cn([C@H]2C=C[C@@H](COC(=O)OCc3ccc(NC(=O)C(C)NC(=O)C(=O)/C=C(\O)c4cc(OCc5ccccc5)cc(OCc5ccccc5)c4)cc3)O2)c(=O)[nH]c1=O. The third-order valence-electron chi connectivity index (χ3n) is 9.07. The summed E-state index contributed by atoms with van der Waals surface area (Å²) in [4.78, 5) is 76.7. The molecule has 1 aliphatic heterocycles. The first-order valence-electron chi connectivity index (χ1n) is 19.0. The van der Waals surface area contributed by atoms with Crippen molar-refractivity contribution in [3.63, 3.8) is 0 Å². The van der Waals surface area contributed by atoms with E-state index in [1.165, 1.54) is 29.8 Å². The van der Waals surface area contributed by atoms with Crippen molar-refractivity contribution < 1.29 is 48.0 Å². The van der Waals surface area contributed by atoms with Gasteiger partial charge in [0.1, 0.15) is 55.8 Å². The van der Waals surface area contributed by atoms with Crippen molar-refractivity contribution in [1.29, 1.82) is 0 Å². The Morgan fingerprint density at radius 1 is 0.820 bits per heavy atom. The molecule has 5 aromatic rings. The average Bonchev–Trinajstić information content (AvgIpc) is 3.74. The molecule has 2 amide bonds. The average molecular weight is 831 g/mol. The Bertz CT molecular complexity index is 2470. The number of H-pyrrole nitrogens is 1. The van der Waals surface area contributed by atoms with Gasteiger partial charge in [-0.2, -0.15) is 0 Å². The molecule has 16 heteroatoms. The second kappa shape index (κ2) is 20.3. The van der Waals surface area contributed by atoms with Crippen LogP contribution in [0.1, 0.15) is 41.0 Å². The Hall–Kier alpha value is -7.72. The first-order valence-corrected chi connectivity index (χ1v) is 19.0. The number of aliphatic hydroxyl groups is 1. The van der Waals surface area contributed by atoms with Gasteiger partial charge in [0.2, 0.25) is 11.7 Å². The summed E-state index contributed by atoms with van der Waals surface area (Å²) in [5.41, 5.74) is 2.12. The van der Waals surface area contributed by atoms with Gasteiger partial charge in [-0.3, -0.25) is 28.7 Å². The molecule has 0 aliphatic carbocycles. The second-order valence-electron chi connectivity index (χ2n) is 13.8. The van der Waals surface area contributed by atoms with E-state index >= 15 is 0 Å². The Kier molecular flexibility index (Phi) is 14.3. The van der Waals surface area contributed by atoms with E-state index in [4.69, 9.17) is 23.7 Å². The number of aliphatic hydroxyl groups excluding tert-OH is 1. The van der Waals surface area contributed by atoms with E-state index in [2.05, 4.69) is 15.6 Å². The van der Waals surface area contributed by atoms with Crippen molar-refractivity contribution in [3.05, 3.63) is 176 Å². The van der Waals surface area contributed by atoms with Crippen molar-refractivity contribution in [3.8, 4) is 11.5 Å². The minimum Gasteiger partial charge on any atom is -0.507 e. The smallest absolute Gasteiger partial charge is 0.507 e. The Labute approximate surface area is 349 Å². The second-order valence-corrected chi connectivity index (χ2v) is 13.8. The van der Waals surface area contributed by atoms with E-state index in [1.807, 2.05) is 60.7 Å². The van der Waals surface area contributed by atoms with Gasteiger partial charge in [0.15, 0.2) is 6.23 Å². The van der Waals surface area contributed by atoms with Gasteiger partial charge in [0.05, 0.1) is 0 Å².